The predicted octanol–water partition coefficient (Wildman–Crippen LogP) is 4.47. The average Bonchev–Trinajstić information content (AvgIpc) is 2.24. The molecule has 1 aliphatic heterocycles. The van der Waals surface area contributed by atoms with Gasteiger partial charge in [-0.25, -0.2) is 0 Å². The van der Waals surface area contributed by atoms with Crippen LogP contribution in [0.25, 0.3) is 0 Å². The van der Waals surface area contributed by atoms with E-state index in [2.05, 4.69) is 39.9 Å². The molecule has 0 aromatic heterocycles. The molecule has 2 rings (SSSR count). The fourth-order valence-corrected chi connectivity index (χ4v) is 4.35. The first-order valence-corrected chi connectivity index (χ1v) is 11.1. The number of hydrogen-bond acceptors (Lipinski definition) is 3. The molecule has 0 unspecified atom stereocenters. The van der Waals surface area contributed by atoms with Gasteiger partial charge in [0.05, 0.1) is 23.2 Å². The number of rotatable bonds is 2. The number of ether oxygens (including phenoxy) is 1. The van der Waals surface area contributed by atoms with Crippen molar-refractivity contribution in [1.29, 1.82) is 0 Å². The molecule has 21 heavy (non-hydrogen) atoms. The van der Waals surface area contributed by atoms with E-state index >= 15 is 0 Å². The maximum Gasteiger partial charge on any atom is 0.311 e. The molecule has 0 saturated carbocycles. The van der Waals surface area contributed by atoms with Gasteiger partial charge in [0.15, 0.2) is 0 Å². The third kappa shape index (κ3) is 3.47. The van der Waals surface area contributed by atoms with Crippen molar-refractivity contribution in [3.8, 4) is 0 Å². The van der Waals surface area contributed by atoms with Crippen LogP contribution in [0.2, 0.25) is 18.1 Å². The molecule has 0 N–H and O–H groups in total. The SMILES string of the molecule is C[C@H]1C[C@H]2C=C(O[Si](C)(C)C(C)(C)C)C[C@H](Cl)[C@H]2C(=O)O1. The molecular weight excluding hydrogens is 304 g/mol. The lowest BCUT2D eigenvalue weighted by Gasteiger charge is -2.42. The van der Waals surface area contributed by atoms with Gasteiger partial charge in [-0.2, -0.15) is 0 Å². The molecule has 1 aliphatic carbocycles. The monoisotopic (exact) mass is 330 g/mol. The largest absolute Gasteiger partial charge is 0.547 e. The second-order valence-electron chi connectivity index (χ2n) is 7.89. The van der Waals surface area contributed by atoms with Crippen LogP contribution in [0.4, 0.5) is 0 Å². The van der Waals surface area contributed by atoms with Gasteiger partial charge >= 0.3 is 5.97 Å². The average molecular weight is 331 g/mol. The molecule has 0 radical (unpaired) electrons. The van der Waals surface area contributed by atoms with Gasteiger partial charge in [0.1, 0.15) is 0 Å². The van der Waals surface area contributed by atoms with Crippen molar-refractivity contribution in [2.75, 3.05) is 0 Å². The van der Waals surface area contributed by atoms with Gasteiger partial charge in [-0.15, -0.1) is 11.6 Å². The van der Waals surface area contributed by atoms with Crippen molar-refractivity contribution >= 4 is 25.9 Å². The smallest absolute Gasteiger partial charge is 0.311 e. The quantitative estimate of drug-likeness (QED) is 0.425. The summed E-state index contributed by atoms with van der Waals surface area (Å²) in [5, 5.41) is -0.0644. The Balaban J connectivity index is 2.20. The first kappa shape index (κ1) is 16.9. The molecule has 5 heteroatoms. The van der Waals surface area contributed by atoms with Gasteiger partial charge < -0.3 is 9.16 Å². The second-order valence-corrected chi connectivity index (χ2v) is 13.2. The van der Waals surface area contributed by atoms with Crippen LogP contribution in [-0.2, 0) is 14.0 Å². The van der Waals surface area contributed by atoms with E-state index in [-0.39, 0.29) is 34.3 Å². The van der Waals surface area contributed by atoms with Gasteiger partial charge in [0.25, 0.3) is 0 Å². The molecule has 1 heterocycles. The highest BCUT2D eigenvalue weighted by Crippen LogP contribution is 2.43. The predicted molar refractivity (Wildman–Crippen MR) is 87.8 cm³/mol. The van der Waals surface area contributed by atoms with Gasteiger partial charge in [-0.1, -0.05) is 20.8 Å². The van der Waals surface area contributed by atoms with Crippen LogP contribution in [0.3, 0.4) is 0 Å². The summed E-state index contributed by atoms with van der Waals surface area (Å²) in [6, 6.07) is 0. The maximum atomic E-state index is 12.0. The van der Waals surface area contributed by atoms with E-state index in [1.165, 1.54) is 0 Å². The lowest BCUT2D eigenvalue weighted by molar-refractivity contribution is -0.162. The van der Waals surface area contributed by atoms with Crippen LogP contribution in [0.1, 0.15) is 40.5 Å². The number of esters is 1. The van der Waals surface area contributed by atoms with Crippen molar-refractivity contribution in [2.45, 2.75) is 70.1 Å². The van der Waals surface area contributed by atoms with Crippen LogP contribution in [0.5, 0.6) is 0 Å². The fourth-order valence-electron chi connectivity index (χ4n) is 2.80. The third-order valence-electron chi connectivity index (χ3n) is 5.03. The highest BCUT2D eigenvalue weighted by Gasteiger charge is 2.45. The maximum absolute atomic E-state index is 12.0. The molecule has 0 spiro atoms. The van der Waals surface area contributed by atoms with Crippen LogP contribution < -0.4 is 0 Å². The Morgan fingerprint density at radius 3 is 2.57 bits per heavy atom. The third-order valence-corrected chi connectivity index (χ3v) is 9.84. The summed E-state index contributed by atoms with van der Waals surface area (Å²) < 4.78 is 11.7. The number of allylic oxidation sites excluding steroid dienone is 2. The minimum absolute atomic E-state index is 0.0360. The van der Waals surface area contributed by atoms with Crippen LogP contribution in [-0.4, -0.2) is 25.8 Å². The Labute approximate surface area is 134 Å². The number of carbonyl (C=O) groups is 1. The first-order chi connectivity index (χ1) is 9.51. The number of hydrogen-bond donors (Lipinski definition) is 0. The van der Waals surface area contributed by atoms with Crippen LogP contribution in [0.15, 0.2) is 11.8 Å². The Hall–Kier alpha value is -0.483. The summed E-state index contributed by atoms with van der Waals surface area (Å²) in [4.78, 5) is 12.0. The van der Waals surface area contributed by atoms with E-state index < -0.39 is 8.32 Å². The van der Waals surface area contributed by atoms with Crippen molar-refractivity contribution in [3.63, 3.8) is 0 Å². The van der Waals surface area contributed by atoms with Crippen LogP contribution >= 0.6 is 11.6 Å². The summed E-state index contributed by atoms with van der Waals surface area (Å²) in [6.07, 6.45) is 3.56. The molecular formula is C16H27ClO3Si. The van der Waals surface area contributed by atoms with Crippen molar-refractivity contribution in [2.24, 2.45) is 11.8 Å². The van der Waals surface area contributed by atoms with Gasteiger partial charge in [-0.05, 0) is 43.5 Å². The van der Waals surface area contributed by atoms with Gasteiger partial charge in [0.2, 0.25) is 8.32 Å². The normalized spacial score (nSPS) is 33.9. The van der Waals surface area contributed by atoms with E-state index in [1.807, 2.05) is 6.92 Å². The molecule has 2 aliphatic rings. The molecule has 120 valence electrons. The minimum atomic E-state index is -1.86. The van der Waals surface area contributed by atoms with Crippen molar-refractivity contribution in [1.82, 2.24) is 0 Å². The van der Waals surface area contributed by atoms with E-state index in [1.54, 1.807) is 0 Å². The van der Waals surface area contributed by atoms with Crippen LogP contribution in [0, 0.1) is 11.8 Å². The molecule has 0 aromatic rings. The lowest BCUT2D eigenvalue weighted by Crippen LogP contribution is -2.45. The standard InChI is InChI=1S/C16H27ClO3Si/c1-10-7-11-8-12(20-21(5,6)16(2,3)4)9-13(17)14(11)15(18)19-10/h8,10-11,13-14H,7,9H2,1-6H3/t10-,11-,13-,14-/m0/s1. The number of cyclic esters (lactones) is 1. The van der Waals surface area contributed by atoms with E-state index in [4.69, 9.17) is 20.8 Å². The Bertz CT molecular complexity index is 453. The Morgan fingerprint density at radius 2 is 2.00 bits per heavy atom. The molecule has 0 aromatic carbocycles. The zero-order valence-electron chi connectivity index (χ0n) is 13.9. The Kier molecular flexibility index (Phi) is 4.51. The topological polar surface area (TPSA) is 35.5 Å². The summed E-state index contributed by atoms with van der Waals surface area (Å²) in [6.45, 7) is 13.1. The van der Waals surface area contributed by atoms with Crippen molar-refractivity contribution < 1.29 is 14.0 Å². The molecule has 0 bridgehead atoms. The summed E-state index contributed by atoms with van der Waals surface area (Å²) in [7, 11) is -1.86. The zero-order chi connectivity index (χ0) is 16.0. The summed E-state index contributed by atoms with van der Waals surface area (Å²) in [5.74, 6) is 0.762. The highest BCUT2D eigenvalue weighted by atomic mass is 35.5. The zero-order valence-corrected chi connectivity index (χ0v) is 15.7. The highest BCUT2D eigenvalue weighted by molar-refractivity contribution is 6.74. The molecule has 0 amide bonds. The summed E-state index contributed by atoms with van der Waals surface area (Å²) >= 11 is 6.46. The fraction of sp³-hybridized carbons (Fsp3) is 0.812. The number of carbonyl (C=O) groups excluding carboxylic acids is 1. The second kappa shape index (κ2) is 5.62. The molecule has 4 atom stereocenters. The number of halogens is 1. The van der Waals surface area contributed by atoms with Crippen molar-refractivity contribution in [3.05, 3.63) is 11.8 Å². The molecule has 3 nitrogen and oxygen atoms in total. The number of alkyl halides is 1. The van der Waals surface area contributed by atoms with Gasteiger partial charge in [0, 0.05) is 6.42 Å². The van der Waals surface area contributed by atoms with E-state index in [9.17, 15) is 4.79 Å². The first-order valence-electron chi connectivity index (χ1n) is 7.75. The van der Waals surface area contributed by atoms with E-state index in [0.717, 1.165) is 12.2 Å². The van der Waals surface area contributed by atoms with E-state index in [0.29, 0.717) is 6.42 Å². The minimum Gasteiger partial charge on any atom is -0.547 e. The lowest BCUT2D eigenvalue weighted by atomic mass is 9.78. The molecule has 1 fully saturated rings. The van der Waals surface area contributed by atoms with Gasteiger partial charge in [-0.3, -0.25) is 4.79 Å². The molecule has 1 saturated heterocycles. The Morgan fingerprint density at radius 1 is 1.38 bits per heavy atom. The number of fused-ring (bicyclic) bond motifs is 1. The summed E-state index contributed by atoms with van der Waals surface area (Å²) in [5.41, 5.74) is 0.